The van der Waals surface area contributed by atoms with Crippen molar-refractivity contribution in [2.75, 3.05) is 20.3 Å². The zero-order chi connectivity index (χ0) is 10.4. The second-order valence-electron chi connectivity index (χ2n) is 4.46. The third-order valence-electron chi connectivity index (χ3n) is 3.45. The van der Waals surface area contributed by atoms with Gasteiger partial charge in [-0.25, -0.2) is 8.42 Å². The lowest BCUT2D eigenvalue weighted by Gasteiger charge is -2.21. The van der Waals surface area contributed by atoms with Gasteiger partial charge >= 0.3 is 0 Å². The second-order valence-corrected chi connectivity index (χ2v) is 7.20. The van der Waals surface area contributed by atoms with Crippen molar-refractivity contribution >= 4 is 9.84 Å². The Labute approximate surface area is 84.2 Å². The number of hydrogen-bond acceptors (Lipinski definition) is 4. The van der Waals surface area contributed by atoms with Crippen molar-refractivity contribution in [1.29, 1.82) is 0 Å². The molecule has 0 heterocycles. The molecule has 0 radical (unpaired) electrons. The smallest absolute Gasteiger partial charge is 0.166 e. The summed E-state index contributed by atoms with van der Waals surface area (Å²) in [5.41, 5.74) is 0. The predicted octanol–water partition coefficient (Wildman–Crippen LogP) is 0.105. The fourth-order valence-corrected chi connectivity index (χ4v) is 4.64. The molecule has 0 bridgehead atoms. The average Bonchev–Trinajstić information content (AvgIpc) is 3.01. The van der Waals surface area contributed by atoms with Crippen LogP contribution in [0, 0.1) is 0 Å². The molecule has 0 amide bonds. The molecule has 0 unspecified atom stereocenters. The molecule has 82 valence electrons. The van der Waals surface area contributed by atoms with E-state index in [2.05, 4.69) is 0 Å². The van der Waals surface area contributed by atoms with Crippen LogP contribution in [0.15, 0.2) is 0 Å². The van der Waals surface area contributed by atoms with Crippen LogP contribution in [0.3, 0.4) is 0 Å². The van der Waals surface area contributed by atoms with Crippen molar-refractivity contribution in [3.05, 3.63) is 0 Å². The van der Waals surface area contributed by atoms with Gasteiger partial charge in [0, 0.05) is 7.11 Å². The van der Waals surface area contributed by atoms with Gasteiger partial charge in [-0.15, -0.1) is 0 Å². The third kappa shape index (κ3) is 1.15. The number of aliphatic hydroxyl groups excluding tert-OH is 1. The molecular weight excluding hydrogens is 204 g/mol. The Bertz CT molecular complexity index is 325. The normalized spacial score (nSPS) is 27.3. The molecule has 14 heavy (non-hydrogen) atoms. The van der Waals surface area contributed by atoms with Gasteiger partial charge in [0.1, 0.15) is 0 Å². The minimum atomic E-state index is -3.20. The van der Waals surface area contributed by atoms with Gasteiger partial charge in [-0.1, -0.05) is 0 Å². The molecule has 0 aromatic heterocycles. The minimum Gasteiger partial charge on any atom is -0.395 e. The molecule has 2 aliphatic carbocycles. The number of hydrogen-bond donors (Lipinski definition) is 1. The first kappa shape index (κ1) is 10.4. The summed E-state index contributed by atoms with van der Waals surface area (Å²) < 4.78 is 27.8. The largest absolute Gasteiger partial charge is 0.395 e. The van der Waals surface area contributed by atoms with Gasteiger partial charge < -0.3 is 9.84 Å². The summed E-state index contributed by atoms with van der Waals surface area (Å²) in [5.74, 6) is 0. The molecule has 0 spiro atoms. The molecule has 0 atom stereocenters. The van der Waals surface area contributed by atoms with E-state index in [0.29, 0.717) is 25.7 Å². The maximum absolute atomic E-state index is 12.2. The van der Waals surface area contributed by atoms with Crippen molar-refractivity contribution in [3.63, 3.8) is 0 Å². The van der Waals surface area contributed by atoms with E-state index in [9.17, 15) is 8.42 Å². The third-order valence-corrected chi connectivity index (χ3v) is 6.79. The second kappa shape index (κ2) is 2.93. The highest BCUT2D eigenvalue weighted by molar-refractivity contribution is 7.94. The predicted molar refractivity (Wildman–Crippen MR) is 51.8 cm³/mol. The topological polar surface area (TPSA) is 63.6 Å². The molecule has 2 fully saturated rings. The zero-order valence-corrected chi connectivity index (χ0v) is 9.14. The van der Waals surface area contributed by atoms with Crippen LogP contribution >= 0.6 is 0 Å². The summed E-state index contributed by atoms with van der Waals surface area (Å²) in [5, 5.41) is 9.13. The van der Waals surface area contributed by atoms with E-state index in [4.69, 9.17) is 9.84 Å². The van der Waals surface area contributed by atoms with E-state index in [1.807, 2.05) is 0 Å². The maximum Gasteiger partial charge on any atom is 0.166 e. The number of aliphatic hydroxyl groups is 1. The molecule has 2 aliphatic rings. The Hall–Kier alpha value is -0.130. The van der Waals surface area contributed by atoms with Gasteiger partial charge in [0.2, 0.25) is 0 Å². The average molecular weight is 220 g/mol. The summed E-state index contributed by atoms with van der Waals surface area (Å²) in [6, 6.07) is 0. The Morgan fingerprint density at radius 1 is 1.21 bits per heavy atom. The molecule has 4 nitrogen and oxygen atoms in total. The van der Waals surface area contributed by atoms with Crippen LogP contribution in [0.4, 0.5) is 0 Å². The van der Waals surface area contributed by atoms with E-state index in [1.54, 1.807) is 0 Å². The van der Waals surface area contributed by atoms with Crippen molar-refractivity contribution < 1.29 is 18.3 Å². The van der Waals surface area contributed by atoms with Crippen molar-refractivity contribution in [3.8, 4) is 0 Å². The summed E-state index contributed by atoms with van der Waals surface area (Å²) in [7, 11) is -1.68. The maximum atomic E-state index is 12.2. The monoisotopic (exact) mass is 220 g/mol. The number of methoxy groups -OCH3 is 1. The van der Waals surface area contributed by atoms with Gasteiger partial charge in [0.15, 0.2) is 9.84 Å². The van der Waals surface area contributed by atoms with Gasteiger partial charge in [-0.3, -0.25) is 0 Å². The number of rotatable bonds is 5. The lowest BCUT2D eigenvalue weighted by Crippen LogP contribution is -2.40. The van der Waals surface area contributed by atoms with Crippen LogP contribution in [0.5, 0.6) is 0 Å². The minimum absolute atomic E-state index is 0.235. The molecular formula is C9H16O4S. The van der Waals surface area contributed by atoms with Crippen molar-refractivity contribution in [2.24, 2.45) is 0 Å². The van der Waals surface area contributed by atoms with Crippen LogP contribution in [0.1, 0.15) is 25.7 Å². The summed E-state index contributed by atoms with van der Waals surface area (Å²) in [6.07, 6.45) is 2.59. The van der Waals surface area contributed by atoms with E-state index in [0.717, 1.165) is 0 Å². The molecule has 0 saturated heterocycles. The standard InChI is InChI=1S/C9H16O4S/c1-13-7-9(4-5-9)14(11,12)8(6-10)2-3-8/h10H,2-7H2,1H3. The summed E-state index contributed by atoms with van der Waals surface area (Å²) in [6.45, 7) is 0.0396. The summed E-state index contributed by atoms with van der Waals surface area (Å²) in [4.78, 5) is 0. The van der Waals surface area contributed by atoms with E-state index in [1.165, 1.54) is 7.11 Å². The fourth-order valence-electron chi connectivity index (χ4n) is 2.00. The Balaban J connectivity index is 2.25. The molecule has 5 heteroatoms. The highest BCUT2D eigenvalue weighted by Gasteiger charge is 2.67. The highest BCUT2D eigenvalue weighted by Crippen LogP contribution is 2.56. The lowest BCUT2D eigenvalue weighted by molar-refractivity contribution is 0.190. The van der Waals surface area contributed by atoms with Crippen molar-refractivity contribution in [2.45, 2.75) is 35.2 Å². The van der Waals surface area contributed by atoms with Crippen LogP contribution < -0.4 is 0 Å². The first-order valence-electron chi connectivity index (χ1n) is 4.88. The summed E-state index contributed by atoms with van der Waals surface area (Å²) >= 11 is 0. The number of ether oxygens (including phenoxy) is 1. The number of sulfone groups is 1. The van der Waals surface area contributed by atoms with Crippen LogP contribution in [0.2, 0.25) is 0 Å². The SMILES string of the molecule is COCC1(S(=O)(=O)C2(CO)CC2)CC1. The molecule has 0 aromatic carbocycles. The lowest BCUT2D eigenvalue weighted by atomic mass is 10.4. The Morgan fingerprint density at radius 2 is 1.71 bits per heavy atom. The fraction of sp³-hybridized carbons (Fsp3) is 1.00. The molecule has 2 rings (SSSR count). The molecule has 0 aromatic rings. The quantitative estimate of drug-likeness (QED) is 0.714. The first-order valence-corrected chi connectivity index (χ1v) is 6.36. The molecule has 1 N–H and O–H groups in total. The van der Waals surface area contributed by atoms with Gasteiger partial charge in [0.25, 0.3) is 0 Å². The zero-order valence-electron chi connectivity index (χ0n) is 8.32. The van der Waals surface area contributed by atoms with Gasteiger partial charge in [-0.2, -0.15) is 0 Å². The molecule has 2 saturated carbocycles. The van der Waals surface area contributed by atoms with Crippen LogP contribution in [-0.2, 0) is 14.6 Å². The first-order chi connectivity index (χ1) is 6.54. The van der Waals surface area contributed by atoms with Crippen LogP contribution in [0.25, 0.3) is 0 Å². The Kier molecular flexibility index (Phi) is 2.18. The van der Waals surface area contributed by atoms with Gasteiger partial charge in [0.05, 0.1) is 22.7 Å². The van der Waals surface area contributed by atoms with E-state index in [-0.39, 0.29) is 13.2 Å². The van der Waals surface area contributed by atoms with Crippen LogP contribution in [-0.4, -0.2) is 43.3 Å². The molecule has 0 aliphatic heterocycles. The van der Waals surface area contributed by atoms with Crippen molar-refractivity contribution in [1.82, 2.24) is 0 Å². The van der Waals surface area contributed by atoms with E-state index >= 15 is 0 Å². The van der Waals surface area contributed by atoms with Gasteiger partial charge in [-0.05, 0) is 25.7 Å². The Morgan fingerprint density at radius 3 is 2.00 bits per heavy atom. The highest BCUT2D eigenvalue weighted by atomic mass is 32.2. The van der Waals surface area contributed by atoms with E-state index < -0.39 is 19.3 Å².